The molecule has 0 aliphatic heterocycles. The molecule has 3 rings (SSSR count). The van der Waals surface area contributed by atoms with E-state index in [2.05, 4.69) is 4.98 Å². The van der Waals surface area contributed by atoms with Gasteiger partial charge in [0.15, 0.2) is 0 Å². The second-order valence-electron chi connectivity index (χ2n) is 4.30. The molecular formula is C15H12N2O. The molecular weight excluding hydrogens is 224 g/mol. The van der Waals surface area contributed by atoms with Crippen LogP contribution in [-0.4, -0.2) is 15.8 Å². The van der Waals surface area contributed by atoms with Crippen molar-refractivity contribution >= 4 is 17.3 Å². The molecule has 18 heavy (non-hydrogen) atoms. The van der Waals surface area contributed by atoms with E-state index < -0.39 is 0 Å². The summed E-state index contributed by atoms with van der Waals surface area (Å²) in [6.45, 7) is 0. The molecule has 0 saturated heterocycles. The molecule has 0 unspecified atom stereocenters. The number of aromatic nitrogens is 2. The molecule has 0 saturated carbocycles. The third-order valence-electron chi connectivity index (χ3n) is 3.08. The lowest BCUT2D eigenvalue weighted by atomic mass is 10.0. The first-order valence-electron chi connectivity index (χ1n) is 5.74. The fourth-order valence-electron chi connectivity index (χ4n) is 2.11. The van der Waals surface area contributed by atoms with Crippen molar-refractivity contribution in [2.24, 2.45) is 7.05 Å². The molecule has 88 valence electrons. The third kappa shape index (κ3) is 1.70. The van der Waals surface area contributed by atoms with Crippen molar-refractivity contribution < 1.29 is 4.79 Å². The summed E-state index contributed by atoms with van der Waals surface area (Å²) in [4.78, 5) is 15.1. The van der Waals surface area contributed by atoms with E-state index in [1.54, 1.807) is 12.4 Å². The zero-order valence-corrected chi connectivity index (χ0v) is 10.00. The topological polar surface area (TPSA) is 34.9 Å². The molecule has 3 aromatic rings. The van der Waals surface area contributed by atoms with Crippen LogP contribution < -0.4 is 0 Å². The summed E-state index contributed by atoms with van der Waals surface area (Å²) in [6.07, 6.45) is 2.67. The van der Waals surface area contributed by atoms with Gasteiger partial charge < -0.3 is 4.57 Å². The average Bonchev–Trinajstić information content (AvgIpc) is 2.80. The summed E-state index contributed by atoms with van der Waals surface area (Å²) in [6, 6.07) is 13.7. The Hall–Kier alpha value is -2.42. The number of carbonyl (C=O) groups is 1. The standard InChI is InChI=1S/C15H12N2O/c1-17-10-16-14-8-13(5-6-15(14)17)12-4-2-3-11(7-12)9-18/h2-10H,1H3. The minimum Gasteiger partial charge on any atom is -0.334 e. The van der Waals surface area contributed by atoms with Crippen LogP contribution in [0.3, 0.4) is 0 Å². The Morgan fingerprint density at radius 3 is 2.78 bits per heavy atom. The first-order chi connectivity index (χ1) is 8.78. The Bertz CT molecular complexity index is 728. The molecule has 0 aliphatic rings. The summed E-state index contributed by atoms with van der Waals surface area (Å²) < 4.78 is 1.99. The zero-order chi connectivity index (χ0) is 12.5. The molecule has 3 heteroatoms. The van der Waals surface area contributed by atoms with E-state index in [0.29, 0.717) is 5.56 Å². The number of carbonyl (C=O) groups excluding carboxylic acids is 1. The van der Waals surface area contributed by atoms with E-state index in [-0.39, 0.29) is 0 Å². The Labute approximate surface area is 105 Å². The van der Waals surface area contributed by atoms with Crippen molar-refractivity contribution in [2.45, 2.75) is 0 Å². The number of rotatable bonds is 2. The highest BCUT2D eigenvalue weighted by Crippen LogP contribution is 2.24. The third-order valence-corrected chi connectivity index (χ3v) is 3.08. The van der Waals surface area contributed by atoms with Crippen molar-refractivity contribution in [2.75, 3.05) is 0 Å². The summed E-state index contributed by atoms with van der Waals surface area (Å²) in [5.41, 5.74) is 4.86. The highest BCUT2D eigenvalue weighted by molar-refractivity contribution is 5.84. The molecule has 2 aromatic carbocycles. The lowest BCUT2D eigenvalue weighted by Gasteiger charge is -2.03. The number of nitrogens with zero attached hydrogens (tertiary/aromatic N) is 2. The van der Waals surface area contributed by atoms with Crippen molar-refractivity contribution in [3.05, 3.63) is 54.4 Å². The molecule has 0 fully saturated rings. The van der Waals surface area contributed by atoms with Crippen LogP contribution in [0, 0.1) is 0 Å². The van der Waals surface area contributed by atoms with E-state index in [1.165, 1.54) is 0 Å². The lowest BCUT2D eigenvalue weighted by Crippen LogP contribution is -1.85. The molecule has 3 nitrogen and oxygen atoms in total. The number of imidazole rings is 1. The number of benzene rings is 2. The predicted molar refractivity (Wildman–Crippen MR) is 71.5 cm³/mol. The van der Waals surface area contributed by atoms with Gasteiger partial charge in [0.1, 0.15) is 6.29 Å². The maximum absolute atomic E-state index is 10.8. The van der Waals surface area contributed by atoms with E-state index >= 15 is 0 Å². The molecule has 0 bridgehead atoms. The summed E-state index contributed by atoms with van der Waals surface area (Å²) in [7, 11) is 1.97. The highest BCUT2D eigenvalue weighted by Gasteiger charge is 2.03. The molecule has 0 radical (unpaired) electrons. The van der Waals surface area contributed by atoms with Crippen LogP contribution in [-0.2, 0) is 7.05 Å². The van der Waals surface area contributed by atoms with Crippen LogP contribution >= 0.6 is 0 Å². The van der Waals surface area contributed by atoms with Crippen LogP contribution in [0.15, 0.2) is 48.8 Å². The molecule has 0 N–H and O–H groups in total. The number of aldehydes is 1. The van der Waals surface area contributed by atoms with Gasteiger partial charge in [-0.05, 0) is 29.3 Å². The van der Waals surface area contributed by atoms with Crippen molar-refractivity contribution in [3.8, 4) is 11.1 Å². The molecule has 0 amide bonds. The van der Waals surface area contributed by atoms with Crippen LogP contribution in [0.2, 0.25) is 0 Å². The van der Waals surface area contributed by atoms with Gasteiger partial charge in [0.05, 0.1) is 17.4 Å². The molecule has 0 aliphatic carbocycles. The number of hydrogen-bond acceptors (Lipinski definition) is 2. The van der Waals surface area contributed by atoms with Gasteiger partial charge in [-0.25, -0.2) is 4.98 Å². The fourth-order valence-corrected chi connectivity index (χ4v) is 2.11. The van der Waals surface area contributed by atoms with E-state index in [1.807, 2.05) is 48.0 Å². The van der Waals surface area contributed by atoms with E-state index in [4.69, 9.17) is 0 Å². The first-order valence-corrected chi connectivity index (χ1v) is 5.74. The summed E-state index contributed by atoms with van der Waals surface area (Å²) in [5, 5.41) is 0. The van der Waals surface area contributed by atoms with Crippen LogP contribution in [0.25, 0.3) is 22.2 Å². The van der Waals surface area contributed by atoms with Gasteiger partial charge in [-0.3, -0.25) is 4.79 Å². The quantitative estimate of drug-likeness (QED) is 0.641. The normalized spacial score (nSPS) is 10.7. The second-order valence-corrected chi connectivity index (χ2v) is 4.30. The summed E-state index contributed by atoms with van der Waals surface area (Å²) in [5.74, 6) is 0. The van der Waals surface area contributed by atoms with Gasteiger partial charge in [0.2, 0.25) is 0 Å². The predicted octanol–water partition coefficient (Wildman–Crippen LogP) is 3.05. The monoisotopic (exact) mass is 236 g/mol. The Morgan fingerprint density at radius 1 is 1.11 bits per heavy atom. The lowest BCUT2D eigenvalue weighted by molar-refractivity contribution is 0.112. The SMILES string of the molecule is Cn1cnc2cc(-c3cccc(C=O)c3)ccc21. The number of hydrogen-bond donors (Lipinski definition) is 0. The van der Waals surface area contributed by atoms with Gasteiger partial charge in [-0.1, -0.05) is 24.3 Å². The number of aryl methyl sites for hydroxylation is 1. The van der Waals surface area contributed by atoms with Crippen LogP contribution in [0.1, 0.15) is 10.4 Å². The Morgan fingerprint density at radius 2 is 1.94 bits per heavy atom. The Kier molecular flexibility index (Phi) is 2.45. The van der Waals surface area contributed by atoms with E-state index in [9.17, 15) is 4.79 Å². The minimum atomic E-state index is 0.689. The second kappa shape index (κ2) is 4.11. The smallest absolute Gasteiger partial charge is 0.150 e. The van der Waals surface area contributed by atoms with Crippen LogP contribution in [0.4, 0.5) is 0 Å². The zero-order valence-electron chi connectivity index (χ0n) is 10.00. The maximum Gasteiger partial charge on any atom is 0.150 e. The highest BCUT2D eigenvalue weighted by atomic mass is 16.1. The summed E-state index contributed by atoms with van der Waals surface area (Å²) >= 11 is 0. The molecule has 1 aromatic heterocycles. The van der Waals surface area contributed by atoms with Gasteiger partial charge in [-0.2, -0.15) is 0 Å². The van der Waals surface area contributed by atoms with Gasteiger partial charge in [0, 0.05) is 12.6 Å². The van der Waals surface area contributed by atoms with Gasteiger partial charge in [0.25, 0.3) is 0 Å². The maximum atomic E-state index is 10.8. The van der Waals surface area contributed by atoms with Crippen LogP contribution in [0.5, 0.6) is 0 Å². The first kappa shape index (κ1) is 10.7. The fraction of sp³-hybridized carbons (Fsp3) is 0.0667. The van der Waals surface area contributed by atoms with E-state index in [0.717, 1.165) is 28.4 Å². The molecule has 0 atom stereocenters. The van der Waals surface area contributed by atoms with Crippen molar-refractivity contribution in [1.29, 1.82) is 0 Å². The van der Waals surface area contributed by atoms with Crippen molar-refractivity contribution in [1.82, 2.24) is 9.55 Å². The molecule has 0 spiro atoms. The largest absolute Gasteiger partial charge is 0.334 e. The Balaban J connectivity index is 2.15. The average molecular weight is 236 g/mol. The van der Waals surface area contributed by atoms with Crippen molar-refractivity contribution in [3.63, 3.8) is 0 Å². The van der Waals surface area contributed by atoms with Gasteiger partial charge in [-0.15, -0.1) is 0 Å². The minimum absolute atomic E-state index is 0.689. The van der Waals surface area contributed by atoms with Gasteiger partial charge >= 0.3 is 0 Å². The number of fused-ring (bicyclic) bond motifs is 1. The molecule has 1 heterocycles.